The average molecular weight is 295 g/mol. The third-order valence-electron chi connectivity index (χ3n) is 2.96. The normalized spacial score (nSPS) is 10.9. The van der Waals surface area contributed by atoms with E-state index in [4.69, 9.17) is 0 Å². The van der Waals surface area contributed by atoms with Crippen molar-refractivity contribution in [3.8, 4) is 0 Å². The van der Waals surface area contributed by atoms with E-state index in [1.807, 2.05) is 18.2 Å². The first-order valence-electron chi connectivity index (χ1n) is 7.09. The van der Waals surface area contributed by atoms with Gasteiger partial charge in [0.2, 0.25) is 0 Å². The van der Waals surface area contributed by atoms with Crippen molar-refractivity contribution >= 4 is 23.3 Å². The molecular formula is C19H21NS. The molecule has 0 heterocycles. The highest BCUT2D eigenvalue weighted by molar-refractivity contribution is 8.03. The lowest BCUT2D eigenvalue weighted by atomic mass is 9.97. The topological polar surface area (TPSA) is 12.4 Å². The Bertz CT molecular complexity index is 642. The highest BCUT2D eigenvalue weighted by Gasteiger charge is 2.18. The molecule has 0 aromatic heterocycles. The number of thioether (sulfide) groups is 1. The van der Waals surface area contributed by atoms with Crippen LogP contribution in [0.4, 0.5) is 5.69 Å². The summed E-state index contributed by atoms with van der Waals surface area (Å²) in [4.78, 5) is 6.85. The summed E-state index contributed by atoms with van der Waals surface area (Å²) >= 11 is 1.73. The van der Waals surface area contributed by atoms with Crippen molar-refractivity contribution in [3.05, 3.63) is 65.1 Å². The van der Waals surface area contributed by atoms with Crippen LogP contribution < -0.4 is 0 Å². The molecule has 0 aliphatic heterocycles. The molecular weight excluding hydrogens is 274 g/mol. The van der Waals surface area contributed by atoms with E-state index in [-0.39, 0.29) is 5.41 Å². The van der Waals surface area contributed by atoms with E-state index in [9.17, 15) is 0 Å². The van der Waals surface area contributed by atoms with Gasteiger partial charge in [0, 0.05) is 10.3 Å². The Hall–Kier alpha value is -1.76. The maximum absolute atomic E-state index is 4.50. The summed E-state index contributed by atoms with van der Waals surface area (Å²) in [5.74, 6) is 3.25. The van der Waals surface area contributed by atoms with Gasteiger partial charge >= 0.3 is 0 Å². The Labute approximate surface area is 131 Å². The SMILES string of the molecule is Cc1ccc(N=C=C(Sc2ccccc2)C(C)(C)C)cc1. The molecule has 2 rings (SSSR count). The fraction of sp³-hybridized carbons (Fsp3) is 0.263. The summed E-state index contributed by atoms with van der Waals surface area (Å²) in [5, 5.41) is 0. The first kappa shape index (κ1) is 15.6. The number of benzene rings is 2. The fourth-order valence-corrected chi connectivity index (χ4v) is 2.61. The molecule has 2 aromatic rings. The van der Waals surface area contributed by atoms with E-state index in [0.717, 1.165) is 10.6 Å². The van der Waals surface area contributed by atoms with Crippen molar-refractivity contribution in [2.75, 3.05) is 0 Å². The molecule has 2 aromatic carbocycles. The first-order chi connectivity index (χ1) is 9.95. The summed E-state index contributed by atoms with van der Waals surface area (Å²) in [5.41, 5.74) is 2.21. The number of nitrogens with zero attached hydrogens (tertiary/aromatic N) is 1. The molecule has 1 nitrogen and oxygen atoms in total. The molecule has 0 radical (unpaired) electrons. The predicted molar refractivity (Wildman–Crippen MR) is 93.5 cm³/mol. The molecule has 0 saturated heterocycles. The van der Waals surface area contributed by atoms with Gasteiger partial charge in [0.25, 0.3) is 0 Å². The maximum atomic E-state index is 4.50. The van der Waals surface area contributed by atoms with Crippen molar-refractivity contribution in [3.63, 3.8) is 0 Å². The van der Waals surface area contributed by atoms with Gasteiger partial charge in [-0.25, -0.2) is 4.99 Å². The van der Waals surface area contributed by atoms with Gasteiger partial charge in [-0.05, 0) is 37.1 Å². The first-order valence-corrected chi connectivity index (χ1v) is 7.90. The zero-order chi connectivity index (χ0) is 15.3. The third-order valence-corrected chi connectivity index (χ3v) is 4.38. The van der Waals surface area contributed by atoms with Crippen LogP contribution in [0.1, 0.15) is 26.3 Å². The monoisotopic (exact) mass is 295 g/mol. The molecule has 0 bridgehead atoms. The Kier molecular flexibility index (Phi) is 5.06. The van der Waals surface area contributed by atoms with Gasteiger partial charge < -0.3 is 0 Å². The molecule has 0 aliphatic rings. The van der Waals surface area contributed by atoms with Gasteiger partial charge in [-0.15, -0.1) is 0 Å². The molecule has 0 aliphatic carbocycles. The summed E-state index contributed by atoms with van der Waals surface area (Å²) in [6.07, 6.45) is 0. The molecule has 0 atom stereocenters. The summed E-state index contributed by atoms with van der Waals surface area (Å²) in [6, 6.07) is 18.6. The molecule has 0 spiro atoms. The number of allylic oxidation sites excluding steroid dienone is 1. The van der Waals surface area contributed by atoms with Crippen molar-refractivity contribution in [1.29, 1.82) is 0 Å². The van der Waals surface area contributed by atoms with Gasteiger partial charge in [0.05, 0.1) is 10.6 Å². The fourth-order valence-electron chi connectivity index (χ4n) is 1.68. The van der Waals surface area contributed by atoms with Crippen LogP contribution in [-0.2, 0) is 0 Å². The van der Waals surface area contributed by atoms with Crippen LogP contribution in [0.5, 0.6) is 0 Å². The lowest BCUT2D eigenvalue weighted by Crippen LogP contribution is -2.07. The van der Waals surface area contributed by atoms with E-state index in [0.29, 0.717) is 0 Å². The predicted octanol–water partition coefficient (Wildman–Crippen LogP) is 6.02. The number of aliphatic imine (C=N–C) groups is 1. The van der Waals surface area contributed by atoms with Crippen LogP contribution in [0.3, 0.4) is 0 Å². The van der Waals surface area contributed by atoms with Gasteiger partial charge in [-0.1, -0.05) is 68.4 Å². The molecule has 0 saturated carbocycles. The van der Waals surface area contributed by atoms with Crippen molar-refractivity contribution < 1.29 is 0 Å². The van der Waals surface area contributed by atoms with Crippen molar-refractivity contribution in [1.82, 2.24) is 0 Å². The van der Waals surface area contributed by atoms with Crippen LogP contribution in [0, 0.1) is 12.3 Å². The van der Waals surface area contributed by atoms with E-state index >= 15 is 0 Å². The molecule has 108 valence electrons. The largest absolute Gasteiger partial charge is 0.205 e. The van der Waals surface area contributed by atoms with Crippen LogP contribution in [-0.4, -0.2) is 5.87 Å². The van der Waals surface area contributed by atoms with Crippen LogP contribution in [0.15, 0.2) is 69.4 Å². The summed E-state index contributed by atoms with van der Waals surface area (Å²) in [7, 11) is 0. The number of rotatable bonds is 3. The van der Waals surface area contributed by atoms with Gasteiger partial charge in [-0.2, -0.15) is 0 Å². The molecule has 2 heteroatoms. The van der Waals surface area contributed by atoms with Crippen molar-refractivity contribution in [2.45, 2.75) is 32.6 Å². The smallest absolute Gasteiger partial charge is 0.0730 e. The lowest BCUT2D eigenvalue weighted by molar-refractivity contribution is 0.538. The molecule has 0 N–H and O–H groups in total. The van der Waals surface area contributed by atoms with Gasteiger partial charge in [0.1, 0.15) is 0 Å². The number of hydrogen-bond acceptors (Lipinski definition) is 2. The second kappa shape index (κ2) is 6.80. The van der Waals surface area contributed by atoms with E-state index in [2.05, 4.69) is 75.0 Å². The van der Waals surface area contributed by atoms with Crippen LogP contribution >= 0.6 is 11.8 Å². The zero-order valence-corrected chi connectivity index (χ0v) is 13.9. The Balaban J connectivity index is 2.32. The van der Waals surface area contributed by atoms with E-state index in [1.165, 1.54) is 10.5 Å². The second-order valence-electron chi connectivity index (χ2n) is 6.05. The van der Waals surface area contributed by atoms with Gasteiger partial charge in [-0.3, -0.25) is 0 Å². The maximum Gasteiger partial charge on any atom is 0.0730 e. The van der Waals surface area contributed by atoms with Crippen molar-refractivity contribution in [2.24, 2.45) is 10.4 Å². The molecule has 0 amide bonds. The third kappa shape index (κ3) is 4.93. The van der Waals surface area contributed by atoms with E-state index < -0.39 is 0 Å². The molecule has 21 heavy (non-hydrogen) atoms. The van der Waals surface area contributed by atoms with Gasteiger partial charge in [0.15, 0.2) is 0 Å². The molecule has 0 unspecified atom stereocenters. The Morgan fingerprint density at radius 3 is 2.14 bits per heavy atom. The quantitative estimate of drug-likeness (QED) is 0.498. The van der Waals surface area contributed by atoms with Crippen LogP contribution in [0.2, 0.25) is 0 Å². The minimum absolute atomic E-state index is 0.0225. The number of hydrogen-bond donors (Lipinski definition) is 0. The highest BCUT2D eigenvalue weighted by atomic mass is 32.2. The highest BCUT2D eigenvalue weighted by Crippen LogP contribution is 2.37. The zero-order valence-electron chi connectivity index (χ0n) is 13.1. The summed E-state index contributed by atoms with van der Waals surface area (Å²) < 4.78 is 0. The Morgan fingerprint density at radius 1 is 0.952 bits per heavy atom. The van der Waals surface area contributed by atoms with E-state index in [1.54, 1.807) is 11.8 Å². The molecule has 0 fully saturated rings. The number of aryl methyl sites for hydroxylation is 1. The minimum Gasteiger partial charge on any atom is -0.205 e. The Morgan fingerprint density at radius 2 is 1.57 bits per heavy atom. The average Bonchev–Trinajstić information content (AvgIpc) is 2.45. The minimum atomic E-state index is 0.0225. The second-order valence-corrected chi connectivity index (χ2v) is 7.14. The summed E-state index contributed by atoms with van der Waals surface area (Å²) in [6.45, 7) is 8.65. The van der Waals surface area contributed by atoms with Crippen LogP contribution in [0.25, 0.3) is 0 Å². The standard InChI is InChI=1S/C19H21NS/c1-15-10-12-16(13-11-15)20-14-18(19(2,3)4)21-17-8-6-5-7-9-17/h5-13H,1-4H3. The lowest BCUT2D eigenvalue weighted by Gasteiger charge is -2.19.